The number of hydrazone groups is 1. The van der Waals surface area contributed by atoms with Gasteiger partial charge < -0.3 is 0 Å². The van der Waals surface area contributed by atoms with Crippen molar-refractivity contribution in [2.24, 2.45) is 5.10 Å². The van der Waals surface area contributed by atoms with Gasteiger partial charge in [0.2, 0.25) is 0 Å². The fraction of sp³-hybridized carbons (Fsp3) is 0. The molecule has 1 aromatic heterocycles. The Labute approximate surface area is 124 Å². The monoisotopic (exact) mass is 326 g/mol. The molecule has 3 rings (SSSR count). The zero-order valence-corrected chi connectivity index (χ0v) is 12.1. The quantitative estimate of drug-likeness (QED) is 0.587. The predicted octanol–water partition coefficient (Wildman–Crippen LogP) is 3.84. The lowest BCUT2D eigenvalue weighted by molar-refractivity contribution is 1.29. The first-order valence-corrected chi connectivity index (χ1v) is 6.86. The topological polar surface area (TPSA) is 50.2 Å². The Hall–Kier alpha value is -2.27. The summed E-state index contributed by atoms with van der Waals surface area (Å²) in [5, 5.41) is 4.21. The van der Waals surface area contributed by atoms with E-state index in [2.05, 4.69) is 36.4 Å². The Morgan fingerprint density at radius 3 is 2.50 bits per heavy atom. The van der Waals surface area contributed by atoms with E-state index in [0.29, 0.717) is 0 Å². The number of hydrogen-bond acceptors (Lipinski definition) is 4. The van der Waals surface area contributed by atoms with Crippen molar-refractivity contribution >= 4 is 38.9 Å². The van der Waals surface area contributed by atoms with Crippen LogP contribution in [0.25, 0.3) is 11.0 Å². The second-order valence-corrected chi connectivity index (χ2v) is 5.10. The third-order valence-electron chi connectivity index (χ3n) is 2.74. The van der Waals surface area contributed by atoms with Crippen LogP contribution < -0.4 is 5.43 Å². The minimum atomic E-state index is 0.861. The fourth-order valence-corrected chi connectivity index (χ4v) is 2.03. The molecule has 0 fully saturated rings. The molecule has 0 aliphatic heterocycles. The summed E-state index contributed by atoms with van der Waals surface area (Å²) in [5.74, 6) is 0. The van der Waals surface area contributed by atoms with Crippen molar-refractivity contribution in [1.29, 1.82) is 0 Å². The highest BCUT2D eigenvalue weighted by Crippen LogP contribution is 2.14. The second-order valence-electron chi connectivity index (χ2n) is 4.18. The molecule has 1 heterocycles. The molecule has 0 radical (unpaired) electrons. The molecule has 20 heavy (non-hydrogen) atoms. The van der Waals surface area contributed by atoms with Gasteiger partial charge in [-0.3, -0.25) is 15.4 Å². The van der Waals surface area contributed by atoms with Crippen LogP contribution in [-0.2, 0) is 0 Å². The van der Waals surface area contributed by atoms with Gasteiger partial charge >= 0.3 is 0 Å². The second kappa shape index (κ2) is 5.79. The first-order valence-electron chi connectivity index (χ1n) is 6.07. The van der Waals surface area contributed by atoms with E-state index in [-0.39, 0.29) is 0 Å². The molecule has 0 unspecified atom stereocenters. The molecule has 4 nitrogen and oxygen atoms in total. The summed E-state index contributed by atoms with van der Waals surface area (Å²) in [5.41, 5.74) is 6.63. The van der Waals surface area contributed by atoms with Gasteiger partial charge in [0.1, 0.15) is 0 Å². The van der Waals surface area contributed by atoms with Gasteiger partial charge in [0, 0.05) is 16.9 Å². The molecule has 0 atom stereocenters. The van der Waals surface area contributed by atoms with E-state index >= 15 is 0 Å². The van der Waals surface area contributed by atoms with Crippen LogP contribution in [0.3, 0.4) is 0 Å². The van der Waals surface area contributed by atoms with Crippen molar-refractivity contribution in [3.63, 3.8) is 0 Å². The molecule has 2 aromatic carbocycles. The van der Waals surface area contributed by atoms with Crippen LogP contribution in [-0.4, -0.2) is 16.2 Å². The number of nitrogens with zero attached hydrogens (tertiary/aromatic N) is 3. The molecule has 0 saturated carbocycles. The summed E-state index contributed by atoms with van der Waals surface area (Å²) < 4.78 is 1.04. The van der Waals surface area contributed by atoms with Crippen LogP contribution in [0.1, 0.15) is 5.56 Å². The average molecular weight is 327 g/mol. The lowest BCUT2D eigenvalue weighted by atomic mass is 10.2. The lowest BCUT2D eigenvalue weighted by Crippen LogP contribution is -1.91. The van der Waals surface area contributed by atoms with E-state index in [1.807, 2.05) is 42.5 Å². The standard InChI is InChI=1S/C15H11BrN4/c16-12-2-4-13(5-3-12)20-19-10-11-1-6-14-15(9-11)18-8-7-17-14/h1-10,20H. The predicted molar refractivity (Wildman–Crippen MR) is 84.9 cm³/mol. The van der Waals surface area contributed by atoms with Crippen molar-refractivity contribution in [1.82, 2.24) is 9.97 Å². The fourth-order valence-electron chi connectivity index (χ4n) is 1.77. The maximum Gasteiger partial charge on any atom is 0.0893 e. The molecule has 3 aromatic rings. The van der Waals surface area contributed by atoms with Crippen LogP contribution in [0.15, 0.2) is 64.4 Å². The van der Waals surface area contributed by atoms with Gasteiger partial charge in [0.15, 0.2) is 0 Å². The molecule has 0 amide bonds. The number of benzene rings is 2. The summed E-state index contributed by atoms with van der Waals surface area (Å²) >= 11 is 3.39. The van der Waals surface area contributed by atoms with Crippen molar-refractivity contribution in [2.75, 3.05) is 5.43 Å². The molecule has 0 aliphatic rings. The third kappa shape index (κ3) is 3.00. The molecule has 98 valence electrons. The molecule has 0 spiro atoms. The molecule has 0 saturated heterocycles. The van der Waals surface area contributed by atoms with Crippen LogP contribution in [0.5, 0.6) is 0 Å². The Balaban J connectivity index is 1.75. The van der Waals surface area contributed by atoms with Gasteiger partial charge in [0.05, 0.1) is 22.9 Å². The highest BCUT2D eigenvalue weighted by molar-refractivity contribution is 9.10. The summed E-state index contributed by atoms with van der Waals surface area (Å²) in [6, 6.07) is 13.7. The third-order valence-corrected chi connectivity index (χ3v) is 3.27. The van der Waals surface area contributed by atoms with Gasteiger partial charge in [-0.15, -0.1) is 0 Å². The van der Waals surface area contributed by atoms with Crippen LogP contribution in [0.4, 0.5) is 5.69 Å². The lowest BCUT2D eigenvalue weighted by Gasteiger charge is -2.00. The Kier molecular flexibility index (Phi) is 3.69. The minimum absolute atomic E-state index is 0.861. The van der Waals surface area contributed by atoms with E-state index < -0.39 is 0 Å². The van der Waals surface area contributed by atoms with E-state index in [0.717, 1.165) is 26.8 Å². The van der Waals surface area contributed by atoms with Crippen molar-refractivity contribution < 1.29 is 0 Å². The number of aromatic nitrogens is 2. The first-order chi connectivity index (χ1) is 9.81. The van der Waals surface area contributed by atoms with Gasteiger partial charge in [-0.1, -0.05) is 22.0 Å². The highest BCUT2D eigenvalue weighted by Gasteiger charge is 1.96. The first kappa shape index (κ1) is 12.7. The summed E-state index contributed by atoms with van der Waals surface area (Å²) in [7, 11) is 0. The van der Waals surface area contributed by atoms with E-state index in [1.54, 1.807) is 18.6 Å². The van der Waals surface area contributed by atoms with Crippen LogP contribution >= 0.6 is 15.9 Å². The number of rotatable bonds is 3. The van der Waals surface area contributed by atoms with Crippen molar-refractivity contribution in [2.45, 2.75) is 0 Å². The highest BCUT2D eigenvalue weighted by atomic mass is 79.9. The van der Waals surface area contributed by atoms with E-state index in [1.165, 1.54) is 0 Å². The number of hydrogen-bond donors (Lipinski definition) is 1. The number of anilines is 1. The SMILES string of the molecule is Brc1ccc(NN=Cc2ccc3nccnc3c2)cc1. The van der Waals surface area contributed by atoms with Gasteiger partial charge in [-0.2, -0.15) is 5.10 Å². The normalized spacial score (nSPS) is 11.1. The van der Waals surface area contributed by atoms with E-state index in [4.69, 9.17) is 0 Å². The van der Waals surface area contributed by atoms with Gasteiger partial charge in [-0.05, 0) is 42.0 Å². The number of nitrogens with one attached hydrogen (secondary N) is 1. The molecule has 1 N–H and O–H groups in total. The zero-order chi connectivity index (χ0) is 13.8. The van der Waals surface area contributed by atoms with Crippen molar-refractivity contribution in [3.05, 3.63) is 64.9 Å². The maximum atomic E-state index is 4.27. The molecule has 0 bridgehead atoms. The molecular weight excluding hydrogens is 316 g/mol. The summed E-state index contributed by atoms with van der Waals surface area (Å²) in [6.07, 6.45) is 5.13. The van der Waals surface area contributed by atoms with Gasteiger partial charge in [-0.25, -0.2) is 0 Å². The van der Waals surface area contributed by atoms with Crippen LogP contribution in [0.2, 0.25) is 0 Å². The van der Waals surface area contributed by atoms with Crippen molar-refractivity contribution in [3.8, 4) is 0 Å². The summed E-state index contributed by atoms with van der Waals surface area (Å²) in [6.45, 7) is 0. The molecular formula is C15H11BrN4. The smallest absolute Gasteiger partial charge is 0.0893 e. The number of halogens is 1. The van der Waals surface area contributed by atoms with E-state index in [9.17, 15) is 0 Å². The molecule has 0 aliphatic carbocycles. The Morgan fingerprint density at radius 2 is 1.70 bits per heavy atom. The largest absolute Gasteiger partial charge is 0.279 e. The summed E-state index contributed by atoms with van der Waals surface area (Å²) in [4.78, 5) is 8.50. The number of fused-ring (bicyclic) bond motifs is 1. The minimum Gasteiger partial charge on any atom is -0.279 e. The van der Waals surface area contributed by atoms with Gasteiger partial charge in [0.25, 0.3) is 0 Å². The Bertz CT molecular complexity index is 753. The Morgan fingerprint density at radius 1 is 0.950 bits per heavy atom. The maximum absolute atomic E-state index is 4.27. The average Bonchev–Trinajstić information content (AvgIpc) is 2.49. The zero-order valence-electron chi connectivity index (χ0n) is 10.5. The van der Waals surface area contributed by atoms with Crippen LogP contribution in [0, 0.1) is 0 Å². The molecule has 5 heteroatoms.